The fourth-order valence-corrected chi connectivity index (χ4v) is 6.63. The normalized spacial score (nSPS) is 22.3. The summed E-state index contributed by atoms with van der Waals surface area (Å²) in [5, 5.41) is 0.948. The van der Waals surface area contributed by atoms with Crippen LogP contribution in [0, 0.1) is 13.8 Å². The molecule has 0 spiro atoms. The SMILES string of the molecule is Cc1cc(C)c2oc3c(c(=O)c2c1)C(c1ccc(Cl)cc1)N(C1CCS(=O)(=O)C1)C3=O. The van der Waals surface area contributed by atoms with E-state index in [0.29, 0.717) is 28.0 Å². The summed E-state index contributed by atoms with van der Waals surface area (Å²) in [6, 6.07) is 9.33. The summed E-state index contributed by atoms with van der Waals surface area (Å²) in [5.41, 5.74) is 2.76. The number of aryl methyl sites for hydroxylation is 2. The van der Waals surface area contributed by atoms with Gasteiger partial charge in [0.1, 0.15) is 5.58 Å². The summed E-state index contributed by atoms with van der Waals surface area (Å²) in [6.45, 7) is 3.73. The molecule has 0 saturated carbocycles. The van der Waals surface area contributed by atoms with E-state index in [4.69, 9.17) is 16.0 Å². The molecule has 0 N–H and O–H groups in total. The van der Waals surface area contributed by atoms with E-state index in [0.717, 1.165) is 11.1 Å². The Hall–Kier alpha value is -2.64. The first kappa shape index (κ1) is 20.3. The van der Waals surface area contributed by atoms with Crippen LogP contribution in [0.3, 0.4) is 0 Å². The molecule has 5 rings (SSSR count). The van der Waals surface area contributed by atoms with Crippen molar-refractivity contribution < 1.29 is 17.6 Å². The van der Waals surface area contributed by atoms with Gasteiger partial charge in [-0.15, -0.1) is 0 Å². The zero-order valence-corrected chi connectivity index (χ0v) is 18.6. The number of fused-ring (bicyclic) bond motifs is 2. The molecular weight excluding hydrogens is 438 g/mol. The molecule has 160 valence electrons. The first-order chi connectivity index (χ1) is 14.7. The molecule has 2 unspecified atom stereocenters. The summed E-state index contributed by atoms with van der Waals surface area (Å²) in [4.78, 5) is 28.6. The van der Waals surface area contributed by atoms with Gasteiger partial charge in [0.25, 0.3) is 5.91 Å². The Kier molecular flexibility index (Phi) is 4.53. The Labute approximate surface area is 184 Å². The van der Waals surface area contributed by atoms with Crippen molar-refractivity contribution in [1.82, 2.24) is 4.90 Å². The van der Waals surface area contributed by atoms with E-state index in [2.05, 4.69) is 0 Å². The minimum absolute atomic E-state index is 0.00583. The first-order valence-corrected chi connectivity index (χ1v) is 12.2. The second-order valence-corrected chi connectivity index (χ2v) is 11.0. The minimum Gasteiger partial charge on any atom is -0.450 e. The van der Waals surface area contributed by atoms with Crippen LogP contribution in [0.15, 0.2) is 45.6 Å². The molecule has 1 amide bonds. The van der Waals surface area contributed by atoms with E-state index >= 15 is 0 Å². The number of carbonyl (C=O) groups is 1. The van der Waals surface area contributed by atoms with Crippen molar-refractivity contribution in [3.05, 3.63) is 79.7 Å². The van der Waals surface area contributed by atoms with Gasteiger partial charge in [-0.25, -0.2) is 8.42 Å². The Morgan fingerprint density at radius 2 is 1.81 bits per heavy atom. The van der Waals surface area contributed by atoms with Crippen LogP contribution in [-0.4, -0.2) is 36.8 Å². The van der Waals surface area contributed by atoms with E-state index in [1.807, 2.05) is 19.9 Å². The molecule has 1 aromatic heterocycles. The molecule has 8 heteroatoms. The summed E-state index contributed by atoms with van der Waals surface area (Å²) in [7, 11) is -3.24. The number of rotatable bonds is 2. The largest absolute Gasteiger partial charge is 0.450 e. The number of hydrogen-bond acceptors (Lipinski definition) is 5. The zero-order valence-electron chi connectivity index (χ0n) is 17.0. The molecule has 2 aromatic carbocycles. The third-order valence-corrected chi connectivity index (χ3v) is 8.13. The van der Waals surface area contributed by atoms with Crippen molar-refractivity contribution >= 4 is 38.3 Å². The molecule has 1 fully saturated rings. The lowest BCUT2D eigenvalue weighted by molar-refractivity contribution is 0.0662. The quantitative estimate of drug-likeness (QED) is 0.584. The van der Waals surface area contributed by atoms with Crippen LogP contribution in [0.1, 0.15) is 45.3 Å². The lowest BCUT2D eigenvalue weighted by Gasteiger charge is -2.30. The Morgan fingerprint density at radius 3 is 2.45 bits per heavy atom. The van der Waals surface area contributed by atoms with Crippen LogP contribution in [-0.2, 0) is 9.84 Å². The van der Waals surface area contributed by atoms with Gasteiger partial charge in [0, 0.05) is 11.1 Å². The summed E-state index contributed by atoms with van der Waals surface area (Å²) < 4.78 is 30.4. The average molecular weight is 458 g/mol. The van der Waals surface area contributed by atoms with E-state index in [1.165, 1.54) is 4.90 Å². The highest BCUT2D eigenvalue weighted by molar-refractivity contribution is 7.91. The third kappa shape index (κ3) is 3.18. The lowest BCUT2D eigenvalue weighted by atomic mass is 9.96. The molecule has 6 nitrogen and oxygen atoms in total. The predicted molar refractivity (Wildman–Crippen MR) is 118 cm³/mol. The van der Waals surface area contributed by atoms with Crippen LogP contribution >= 0.6 is 11.6 Å². The van der Waals surface area contributed by atoms with Gasteiger partial charge >= 0.3 is 0 Å². The smallest absolute Gasteiger partial charge is 0.291 e. The van der Waals surface area contributed by atoms with Gasteiger partial charge in [0.05, 0.1) is 28.5 Å². The number of benzene rings is 2. The van der Waals surface area contributed by atoms with E-state index in [-0.39, 0.29) is 28.3 Å². The second-order valence-electron chi connectivity index (χ2n) is 8.36. The lowest BCUT2D eigenvalue weighted by Crippen LogP contribution is -2.40. The topological polar surface area (TPSA) is 84.7 Å². The number of amides is 1. The number of carbonyl (C=O) groups excluding carboxylic acids is 1. The maximum absolute atomic E-state index is 13.6. The number of hydrogen-bond donors (Lipinski definition) is 0. The van der Waals surface area contributed by atoms with Gasteiger partial charge in [0.2, 0.25) is 5.76 Å². The molecule has 2 atom stereocenters. The molecular formula is C23H20ClNO5S. The van der Waals surface area contributed by atoms with Crippen molar-refractivity contribution in [1.29, 1.82) is 0 Å². The van der Waals surface area contributed by atoms with Gasteiger partial charge < -0.3 is 9.32 Å². The van der Waals surface area contributed by atoms with Gasteiger partial charge in [-0.1, -0.05) is 29.8 Å². The van der Waals surface area contributed by atoms with Crippen LogP contribution in [0.2, 0.25) is 5.02 Å². The molecule has 2 aliphatic heterocycles. The highest BCUT2D eigenvalue weighted by atomic mass is 35.5. The van der Waals surface area contributed by atoms with E-state index < -0.39 is 27.8 Å². The maximum Gasteiger partial charge on any atom is 0.291 e. The summed E-state index contributed by atoms with van der Waals surface area (Å²) in [6.07, 6.45) is 0.331. The van der Waals surface area contributed by atoms with Gasteiger partial charge in [-0.2, -0.15) is 0 Å². The van der Waals surface area contributed by atoms with Crippen LogP contribution in [0.4, 0.5) is 0 Å². The minimum atomic E-state index is -3.24. The highest BCUT2D eigenvalue weighted by Gasteiger charge is 2.48. The second kappa shape index (κ2) is 6.93. The molecule has 0 aliphatic carbocycles. The molecule has 3 heterocycles. The van der Waals surface area contributed by atoms with E-state index in [9.17, 15) is 18.0 Å². The number of halogens is 1. The summed E-state index contributed by atoms with van der Waals surface area (Å²) in [5.74, 6) is -0.556. The third-order valence-electron chi connectivity index (χ3n) is 6.12. The van der Waals surface area contributed by atoms with Crippen molar-refractivity contribution in [3.63, 3.8) is 0 Å². The van der Waals surface area contributed by atoms with Crippen LogP contribution in [0.25, 0.3) is 11.0 Å². The maximum atomic E-state index is 13.6. The molecule has 2 aliphatic rings. The monoisotopic (exact) mass is 457 g/mol. The first-order valence-electron chi connectivity index (χ1n) is 10.0. The van der Waals surface area contributed by atoms with Crippen molar-refractivity contribution in [2.24, 2.45) is 0 Å². The standard InChI is InChI=1S/C23H20ClNO5S/c1-12-9-13(2)21-17(10-12)20(26)18-19(14-3-5-15(24)6-4-14)25(23(27)22(18)30-21)16-7-8-31(28,29)11-16/h3-6,9-10,16,19H,7-8,11H2,1-2H3. The molecule has 3 aromatic rings. The highest BCUT2D eigenvalue weighted by Crippen LogP contribution is 2.42. The van der Waals surface area contributed by atoms with Crippen LogP contribution < -0.4 is 5.43 Å². The summed E-state index contributed by atoms with van der Waals surface area (Å²) >= 11 is 6.05. The zero-order chi connectivity index (χ0) is 22.1. The van der Waals surface area contributed by atoms with E-state index in [1.54, 1.807) is 30.3 Å². The Bertz CT molecular complexity index is 1410. The van der Waals surface area contributed by atoms with Crippen molar-refractivity contribution in [2.45, 2.75) is 32.4 Å². The molecule has 0 radical (unpaired) electrons. The number of sulfone groups is 1. The van der Waals surface area contributed by atoms with Crippen LogP contribution in [0.5, 0.6) is 0 Å². The fraction of sp³-hybridized carbons (Fsp3) is 0.304. The predicted octanol–water partition coefficient (Wildman–Crippen LogP) is 3.80. The fourth-order valence-electron chi connectivity index (χ4n) is 4.79. The molecule has 0 bridgehead atoms. The van der Waals surface area contributed by atoms with Gasteiger partial charge in [-0.05, 0) is 55.2 Å². The van der Waals surface area contributed by atoms with Crippen molar-refractivity contribution in [3.8, 4) is 0 Å². The molecule has 31 heavy (non-hydrogen) atoms. The van der Waals surface area contributed by atoms with Gasteiger partial charge in [-0.3, -0.25) is 9.59 Å². The Balaban J connectivity index is 1.79. The average Bonchev–Trinajstić information content (AvgIpc) is 3.20. The molecule has 1 saturated heterocycles. The van der Waals surface area contributed by atoms with Crippen molar-refractivity contribution in [2.75, 3.05) is 11.5 Å². The Morgan fingerprint density at radius 1 is 1.10 bits per heavy atom. The number of nitrogens with zero attached hydrogens (tertiary/aromatic N) is 1. The van der Waals surface area contributed by atoms with Gasteiger partial charge in [0.15, 0.2) is 15.3 Å².